The molecule has 0 aliphatic carbocycles. The van der Waals surface area contributed by atoms with Crippen molar-refractivity contribution in [1.82, 2.24) is 9.80 Å². The van der Waals surface area contributed by atoms with Crippen molar-refractivity contribution in [3.63, 3.8) is 0 Å². The normalized spacial score (nSPS) is 15.2. The van der Waals surface area contributed by atoms with Crippen LogP contribution in [0.2, 0.25) is 0 Å². The lowest BCUT2D eigenvalue weighted by Gasteiger charge is -2.34. The van der Waals surface area contributed by atoms with Gasteiger partial charge in [-0.25, -0.2) is 0 Å². The van der Waals surface area contributed by atoms with Gasteiger partial charge < -0.3 is 24.9 Å². The molecule has 2 heterocycles. The highest BCUT2D eigenvalue weighted by atomic mass is 16.2. The summed E-state index contributed by atoms with van der Waals surface area (Å²) in [7, 11) is 2.03. The number of carbonyl (C=O) groups is 4. The van der Waals surface area contributed by atoms with E-state index in [-0.39, 0.29) is 43.1 Å². The Kier molecular flexibility index (Phi) is 9.17. The van der Waals surface area contributed by atoms with Gasteiger partial charge in [-0.1, -0.05) is 54.1 Å². The van der Waals surface area contributed by atoms with Gasteiger partial charge in [0.2, 0.25) is 11.8 Å². The molecule has 0 saturated carbocycles. The lowest BCUT2D eigenvalue weighted by atomic mass is 9.98. The van der Waals surface area contributed by atoms with E-state index in [9.17, 15) is 19.2 Å². The monoisotopic (exact) mass is 629 g/mol. The van der Waals surface area contributed by atoms with Gasteiger partial charge in [0.15, 0.2) is 0 Å². The molecule has 0 unspecified atom stereocenters. The van der Waals surface area contributed by atoms with Crippen molar-refractivity contribution in [3.05, 3.63) is 113 Å². The molecule has 4 aromatic carbocycles. The predicted octanol–water partition coefficient (Wildman–Crippen LogP) is 5.38. The number of anilines is 3. The SMILES string of the molecule is Cc1ccc(-c2ccccc2C(=O)Nc2ccc(C(=O)N3CCC(=O)N(CC(=O)N4CCN(C)CC4)c4cc(C)ccc43)cc2)cc1. The number of piperazine rings is 1. The smallest absolute Gasteiger partial charge is 0.258 e. The molecule has 1 N–H and O–H groups in total. The highest BCUT2D eigenvalue weighted by molar-refractivity contribution is 6.13. The third kappa shape index (κ3) is 6.95. The number of nitrogens with zero attached hydrogens (tertiary/aromatic N) is 4. The molecular weight excluding hydrogens is 590 g/mol. The zero-order valence-electron chi connectivity index (χ0n) is 27.0. The molecule has 4 amide bonds. The standard InChI is InChI=1S/C38H39N5O4/c1-26-8-11-28(12-9-26)31-6-4-5-7-32(31)37(46)39-30-15-13-29(14-16-30)38(47)42-19-18-35(44)43(34-24-27(2)10-17-33(34)42)25-36(45)41-22-20-40(3)21-23-41/h4-17,24H,18-23,25H2,1-3H3,(H,39,46). The third-order valence-electron chi connectivity index (χ3n) is 8.88. The number of rotatable bonds is 6. The summed E-state index contributed by atoms with van der Waals surface area (Å²) in [6, 6.07) is 27.9. The van der Waals surface area contributed by atoms with Gasteiger partial charge in [-0.15, -0.1) is 0 Å². The van der Waals surface area contributed by atoms with E-state index in [1.165, 1.54) is 4.90 Å². The van der Waals surface area contributed by atoms with Crippen LogP contribution >= 0.6 is 0 Å². The van der Waals surface area contributed by atoms with Gasteiger partial charge in [0.25, 0.3) is 11.8 Å². The Hall–Kier alpha value is -5.28. The number of likely N-dealkylation sites (N-methyl/N-ethyl adjacent to an activating group) is 1. The number of amides is 4. The first-order valence-corrected chi connectivity index (χ1v) is 15.9. The van der Waals surface area contributed by atoms with Crippen LogP contribution in [0, 0.1) is 13.8 Å². The molecule has 0 bridgehead atoms. The minimum absolute atomic E-state index is 0.0670. The van der Waals surface area contributed by atoms with Gasteiger partial charge in [0.05, 0.1) is 11.4 Å². The van der Waals surface area contributed by atoms with Gasteiger partial charge in [-0.2, -0.15) is 0 Å². The summed E-state index contributed by atoms with van der Waals surface area (Å²) in [4.78, 5) is 61.1. The van der Waals surface area contributed by atoms with E-state index in [1.807, 2.05) is 81.6 Å². The Balaban J connectivity index is 1.20. The van der Waals surface area contributed by atoms with Gasteiger partial charge >= 0.3 is 0 Å². The largest absolute Gasteiger partial charge is 0.339 e. The number of fused-ring (bicyclic) bond motifs is 1. The van der Waals surface area contributed by atoms with E-state index in [2.05, 4.69) is 10.2 Å². The number of benzene rings is 4. The number of carbonyl (C=O) groups excluding carboxylic acids is 4. The second kappa shape index (κ2) is 13.6. The van der Waals surface area contributed by atoms with E-state index >= 15 is 0 Å². The first-order chi connectivity index (χ1) is 22.7. The summed E-state index contributed by atoms with van der Waals surface area (Å²) in [6.45, 7) is 6.90. The fraction of sp³-hybridized carbons (Fsp3) is 0.263. The maximum Gasteiger partial charge on any atom is 0.258 e. The Morgan fingerprint density at radius 2 is 1.43 bits per heavy atom. The maximum atomic E-state index is 13.9. The summed E-state index contributed by atoms with van der Waals surface area (Å²) in [5.74, 6) is -0.809. The molecule has 1 saturated heterocycles. The average Bonchev–Trinajstić information content (AvgIpc) is 3.21. The van der Waals surface area contributed by atoms with Gasteiger partial charge in [0, 0.05) is 56.0 Å². The molecule has 0 aromatic heterocycles. The fourth-order valence-electron chi connectivity index (χ4n) is 6.07. The zero-order valence-corrected chi connectivity index (χ0v) is 27.0. The van der Waals surface area contributed by atoms with Crippen LogP contribution in [0.3, 0.4) is 0 Å². The average molecular weight is 630 g/mol. The first-order valence-electron chi connectivity index (χ1n) is 15.9. The van der Waals surface area contributed by atoms with E-state index in [0.29, 0.717) is 41.3 Å². The Morgan fingerprint density at radius 1 is 0.745 bits per heavy atom. The second-order valence-electron chi connectivity index (χ2n) is 12.3. The van der Waals surface area contributed by atoms with Crippen LogP contribution in [0.1, 0.15) is 38.3 Å². The summed E-state index contributed by atoms with van der Waals surface area (Å²) in [6.07, 6.45) is 0.0873. The number of hydrogen-bond donors (Lipinski definition) is 1. The van der Waals surface area contributed by atoms with E-state index in [0.717, 1.165) is 35.3 Å². The second-order valence-corrected chi connectivity index (χ2v) is 12.3. The van der Waals surface area contributed by atoms with Crippen LogP contribution in [-0.2, 0) is 9.59 Å². The van der Waals surface area contributed by atoms with Crippen molar-refractivity contribution >= 4 is 40.7 Å². The molecule has 0 spiro atoms. The molecule has 0 radical (unpaired) electrons. The lowest BCUT2D eigenvalue weighted by molar-refractivity contribution is -0.132. The van der Waals surface area contributed by atoms with Crippen LogP contribution in [0.4, 0.5) is 17.1 Å². The van der Waals surface area contributed by atoms with E-state index in [1.54, 1.807) is 40.1 Å². The van der Waals surface area contributed by atoms with Crippen LogP contribution < -0.4 is 15.1 Å². The van der Waals surface area contributed by atoms with Gasteiger partial charge in [-0.05, 0) is 80.1 Å². The van der Waals surface area contributed by atoms with E-state index < -0.39 is 0 Å². The minimum Gasteiger partial charge on any atom is -0.339 e. The lowest BCUT2D eigenvalue weighted by Crippen LogP contribution is -2.50. The zero-order chi connectivity index (χ0) is 33.1. The molecule has 47 heavy (non-hydrogen) atoms. The number of hydrogen-bond acceptors (Lipinski definition) is 5. The van der Waals surface area contributed by atoms with Crippen molar-refractivity contribution in [2.45, 2.75) is 20.3 Å². The highest BCUT2D eigenvalue weighted by Crippen LogP contribution is 2.35. The van der Waals surface area contributed by atoms with Gasteiger partial charge in [-0.3, -0.25) is 19.2 Å². The Morgan fingerprint density at radius 3 is 2.15 bits per heavy atom. The molecule has 240 valence electrons. The molecule has 9 heteroatoms. The summed E-state index contributed by atoms with van der Waals surface area (Å²) in [5.41, 5.74) is 6.52. The highest BCUT2D eigenvalue weighted by Gasteiger charge is 2.32. The minimum atomic E-state index is -0.266. The Bertz CT molecular complexity index is 1810. The topological polar surface area (TPSA) is 93.3 Å². The first kappa shape index (κ1) is 31.7. The quantitative estimate of drug-likeness (QED) is 0.309. The van der Waals surface area contributed by atoms with Crippen molar-refractivity contribution in [3.8, 4) is 11.1 Å². The van der Waals surface area contributed by atoms with Crippen LogP contribution in [0.25, 0.3) is 11.1 Å². The Labute approximate surface area is 275 Å². The van der Waals surface area contributed by atoms with Crippen molar-refractivity contribution < 1.29 is 19.2 Å². The molecule has 2 aliphatic rings. The van der Waals surface area contributed by atoms with Crippen LogP contribution in [0.5, 0.6) is 0 Å². The fourth-order valence-corrected chi connectivity index (χ4v) is 6.07. The van der Waals surface area contributed by atoms with E-state index in [4.69, 9.17) is 0 Å². The maximum absolute atomic E-state index is 13.9. The molecular formula is C38H39N5O4. The predicted molar refractivity (Wildman–Crippen MR) is 185 cm³/mol. The molecule has 1 fully saturated rings. The molecule has 9 nitrogen and oxygen atoms in total. The van der Waals surface area contributed by atoms with Crippen LogP contribution in [-0.4, -0.2) is 79.7 Å². The molecule has 6 rings (SSSR count). The summed E-state index contributed by atoms with van der Waals surface area (Å²) in [5, 5.41) is 2.96. The summed E-state index contributed by atoms with van der Waals surface area (Å²) < 4.78 is 0. The molecule has 2 aliphatic heterocycles. The number of aryl methyl sites for hydroxylation is 2. The number of nitrogens with one attached hydrogen (secondary N) is 1. The summed E-state index contributed by atoms with van der Waals surface area (Å²) >= 11 is 0. The molecule has 4 aromatic rings. The van der Waals surface area contributed by atoms with Crippen LogP contribution in [0.15, 0.2) is 91.0 Å². The third-order valence-corrected chi connectivity index (χ3v) is 8.88. The van der Waals surface area contributed by atoms with Crippen molar-refractivity contribution in [1.29, 1.82) is 0 Å². The van der Waals surface area contributed by atoms with Crippen molar-refractivity contribution in [2.75, 3.05) is 61.4 Å². The van der Waals surface area contributed by atoms with Gasteiger partial charge in [0.1, 0.15) is 6.54 Å². The molecule has 0 atom stereocenters. The van der Waals surface area contributed by atoms with Crippen molar-refractivity contribution in [2.24, 2.45) is 0 Å².